The third-order valence-corrected chi connectivity index (χ3v) is 4.49. The van der Waals surface area contributed by atoms with Gasteiger partial charge in [-0.3, -0.25) is 4.79 Å². The number of carbonyl (C=O) groups excluding carboxylic acids is 1. The summed E-state index contributed by atoms with van der Waals surface area (Å²) in [4.78, 5) is 11.1. The highest BCUT2D eigenvalue weighted by atomic mass is 32.2. The Morgan fingerprint density at radius 3 is 2.67 bits per heavy atom. The number of nitrogens with zero attached hydrogens (tertiary/aromatic N) is 2. The molecule has 7 heteroatoms. The van der Waals surface area contributed by atoms with Gasteiger partial charge in [0.25, 0.3) is 10.0 Å². The Kier molecular flexibility index (Phi) is 2.94. The molecule has 0 atom stereocenters. The molecule has 0 aliphatic carbocycles. The third-order valence-electron chi connectivity index (χ3n) is 2.77. The van der Waals surface area contributed by atoms with Gasteiger partial charge in [-0.25, -0.2) is 13.1 Å². The number of hydrogen-bond donors (Lipinski definition) is 1. The van der Waals surface area contributed by atoms with E-state index < -0.39 is 15.9 Å². The number of aryl methyl sites for hydroxylation is 1. The lowest BCUT2D eigenvalue weighted by atomic mass is 10.0. The summed E-state index contributed by atoms with van der Waals surface area (Å²) in [6, 6.07) is 1.67. The van der Waals surface area contributed by atoms with Gasteiger partial charge in [-0.1, -0.05) is 0 Å². The maximum absolute atomic E-state index is 12.1. The van der Waals surface area contributed by atoms with Crippen LogP contribution in [0.2, 0.25) is 0 Å². The highest BCUT2D eigenvalue weighted by Gasteiger charge is 2.25. The number of sulfonamides is 1. The predicted octanol–water partition coefficient (Wildman–Crippen LogP) is 1.73. The van der Waals surface area contributed by atoms with Crippen LogP contribution in [0.15, 0.2) is 21.2 Å². The first kappa shape index (κ1) is 12.7. The van der Waals surface area contributed by atoms with Crippen LogP contribution in [0.1, 0.15) is 23.6 Å². The summed E-state index contributed by atoms with van der Waals surface area (Å²) < 4.78 is 26.2. The van der Waals surface area contributed by atoms with E-state index in [0.717, 1.165) is 5.56 Å². The number of benzene rings is 1. The molecule has 0 fully saturated rings. The summed E-state index contributed by atoms with van der Waals surface area (Å²) in [5.74, 6) is -0.608. The second kappa shape index (κ2) is 4.16. The SMILES string of the molecule is CC(=O)NS(=O)(=O)c1c(C)cc2c(c1C)CN=N2. The zero-order valence-corrected chi connectivity index (χ0v) is 11.1. The summed E-state index contributed by atoms with van der Waals surface area (Å²) >= 11 is 0. The summed E-state index contributed by atoms with van der Waals surface area (Å²) in [5.41, 5.74) is 2.65. The number of carbonyl (C=O) groups is 1. The van der Waals surface area contributed by atoms with Crippen LogP contribution in [0, 0.1) is 13.8 Å². The fourth-order valence-corrected chi connectivity index (χ4v) is 3.60. The van der Waals surface area contributed by atoms with E-state index in [1.807, 2.05) is 4.72 Å². The topological polar surface area (TPSA) is 88.0 Å². The maximum atomic E-state index is 12.1. The van der Waals surface area contributed by atoms with Crippen LogP contribution in [0.4, 0.5) is 5.69 Å². The van der Waals surface area contributed by atoms with E-state index in [0.29, 0.717) is 23.4 Å². The van der Waals surface area contributed by atoms with Crippen molar-refractivity contribution < 1.29 is 13.2 Å². The lowest BCUT2D eigenvalue weighted by Crippen LogP contribution is -2.29. The quantitative estimate of drug-likeness (QED) is 0.885. The molecular formula is C11H13N3O3S. The van der Waals surface area contributed by atoms with Crippen molar-refractivity contribution in [3.8, 4) is 0 Å². The second-order valence-corrected chi connectivity index (χ2v) is 5.83. The number of rotatable bonds is 2. The van der Waals surface area contributed by atoms with Crippen molar-refractivity contribution in [1.82, 2.24) is 4.72 Å². The number of fused-ring (bicyclic) bond motifs is 1. The summed E-state index contributed by atoms with van der Waals surface area (Å²) in [5, 5.41) is 7.83. The number of nitrogens with one attached hydrogen (secondary N) is 1. The smallest absolute Gasteiger partial charge is 0.264 e. The first-order valence-corrected chi connectivity index (χ1v) is 6.85. The van der Waals surface area contributed by atoms with Crippen molar-refractivity contribution in [2.24, 2.45) is 10.2 Å². The molecule has 0 bridgehead atoms. The standard InChI is InChI=1S/C11H13N3O3S/c1-6-4-10-9(5-12-13-10)7(2)11(6)18(16,17)14-8(3)15/h4H,5H2,1-3H3,(H,14,15). The minimum atomic E-state index is -3.83. The van der Waals surface area contributed by atoms with Crippen LogP contribution < -0.4 is 4.72 Å². The average Bonchev–Trinajstić information content (AvgIpc) is 2.62. The van der Waals surface area contributed by atoms with Crippen molar-refractivity contribution in [3.05, 3.63) is 22.8 Å². The van der Waals surface area contributed by atoms with E-state index >= 15 is 0 Å². The van der Waals surface area contributed by atoms with Gasteiger partial charge in [-0.05, 0) is 31.0 Å². The van der Waals surface area contributed by atoms with E-state index in [4.69, 9.17) is 0 Å². The van der Waals surface area contributed by atoms with Gasteiger partial charge >= 0.3 is 0 Å². The molecule has 1 amide bonds. The lowest BCUT2D eigenvalue weighted by molar-refractivity contribution is -0.117. The van der Waals surface area contributed by atoms with Crippen LogP contribution in [0.5, 0.6) is 0 Å². The Hall–Kier alpha value is -1.76. The van der Waals surface area contributed by atoms with Gasteiger partial charge in [0, 0.05) is 12.5 Å². The van der Waals surface area contributed by atoms with Crippen molar-refractivity contribution in [3.63, 3.8) is 0 Å². The number of amides is 1. The molecule has 6 nitrogen and oxygen atoms in total. The van der Waals surface area contributed by atoms with Gasteiger partial charge in [0.15, 0.2) is 0 Å². The van der Waals surface area contributed by atoms with E-state index in [9.17, 15) is 13.2 Å². The molecule has 1 heterocycles. The normalized spacial score (nSPS) is 13.5. The van der Waals surface area contributed by atoms with Crippen LogP contribution >= 0.6 is 0 Å². The number of hydrogen-bond acceptors (Lipinski definition) is 5. The first-order valence-electron chi connectivity index (χ1n) is 5.37. The monoisotopic (exact) mass is 267 g/mol. The summed E-state index contributed by atoms with van der Waals surface area (Å²) in [6.45, 7) is 4.93. The van der Waals surface area contributed by atoms with Gasteiger partial charge in [0.2, 0.25) is 5.91 Å². The Balaban J connectivity index is 2.64. The molecule has 1 aliphatic rings. The molecule has 0 unspecified atom stereocenters. The van der Waals surface area contributed by atoms with Crippen LogP contribution in [-0.2, 0) is 21.4 Å². The first-order chi connectivity index (χ1) is 8.33. The Labute approximate surface area is 105 Å². The maximum Gasteiger partial charge on any atom is 0.264 e. The molecule has 0 saturated heterocycles. The molecule has 0 spiro atoms. The predicted molar refractivity (Wildman–Crippen MR) is 65.1 cm³/mol. The van der Waals surface area contributed by atoms with Gasteiger partial charge in [-0.2, -0.15) is 10.2 Å². The molecule has 0 aromatic heterocycles. The van der Waals surface area contributed by atoms with E-state index in [1.165, 1.54) is 6.92 Å². The zero-order valence-electron chi connectivity index (χ0n) is 10.3. The van der Waals surface area contributed by atoms with Gasteiger partial charge in [0.1, 0.15) is 0 Å². The Bertz CT molecular complexity index is 663. The van der Waals surface area contributed by atoms with Crippen LogP contribution in [0.25, 0.3) is 0 Å². The van der Waals surface area contributed by atoms with E-state index in [-0.39, 0.29) is 4.90 Å². The van der Waals surface area contributed by atoms with Crippen molar-refractivity contribution in [2.45, 2.75) is 32.2 Å². The minimum absolute atomic E-state index is 0.142. The fraction of sp³-hybridized carbons (Fsp3) is 0.364. The van der Waals surface area contributed by atoms with Crippen molar-refractivity contribution in [1.29, 1.82) is 0 Å². The van der Waals surface area contributed by atoms with Gasteiger partial charge in [0.05, 0.1) is 17.1 Å². The van der Waals surface area contributed by atoms with E-state index in [2.05, 4.69) is 10.2 Å². The van der Waals surface area contributed by atoms with Gasteiger partial charge in [-0.15, -0.1) is 0 Å². The van der Waals surface area contributed by atoms with Crippen molar-refractivity contribution >= 4 is 21.6 Å². The van der Waals surface area contributed by atoms with Crippen LogP contribution in [0.3, 0.4) is 0 Å². The van der Waals surface area contributed by atoms with E-state index in [1.54, 1.807) is 19.9 Å². The van der Waals surface area contributed by atoms with Crippen molar-refractivity contribution in [2.75, 3.05) is 0 Å². The largest absolute Gasteiger partial charge is 0.274 e. The zero-order chi connectivity index (χ0) is 13.5. The molecule has 1 aromatic rings. The average molecular weight is 267 g/mol. The fourth-order valence-electron chi connectivity index (χ4n) is 2.11. The molecule has 1 aliphatic heterocycles. The molecule has 1 N–H and O–H groups in total. The second-order valence-electron chi connectivity index (χ2n) is 4.21. The lowest BCUT2D eigenvalue weighted by Gasteiger charge is -2.13. The highest BCUT2D eigenvalue weighted by Crippen LogP contribution is 2.35. The Morgan fingerprint density at radius 2 is 2.06 bits per heavy atom. The molecule has 96 valence electrons. The third kappa shape index (κ3) is 2.01. The summed E-state index contributed by atoms with van der Waals surface area (Å²) in [6.07, 6.45) is 0. The molecule has 18 heavy (non-hydrogen) atoms. The van der Waals surface area contributed by atoms with Gasteiger partial charge < -0.3 is 0 Å². The highest BCUT2D eigenvalue weighted by molar-refractivity contribution is 7.90. The molecule has 0 saturated carbocycles. The van der Waals surface area contributed by atoms with Crippen LogP contribution in [-0.4, -0.2) is 14.3 Å². The molecule has 2 rings (SSSR count). The Morgan fingerprint density at radius 1 is 1.39 bits per heavy atom. The molecule has 1 aromatic carbocycles. The molecule has 0 radical (unpaired) electrons. The summed E-state index contributed by atoms with van der Waals surface area (Å²) in [7, 11) is -3.83. The number of azo groups is 1. The minimum Gasteiger partial charge on any atom is -0.274 e. The molecular weight excluding hydrogens is 254 g/mol.